The summed E-state index contributed by atoms with van der Waals surface area (Å²) in [5, 5.41) is 4.28. The molecule has 7 nitrogen and oxygen atoms in total. The molecule has 1 atom stereocenters. The quantitative estimate of drug-likeness (QED) is 0.351. The Hall–Kier alpha value is -2.77. The van der Waals surface area contributed by atoms with E-state index in [-0.39, 0.29) is 6.10 Å². The normalized spacial score (nSPS) is 17.3. The summed E-state index contributed by atoms with van der Waals surface area (Å²) in [7, 11) is 0. The van der Waals surface area contributed by atoms with Gasteiger partial charge < -0.3 is 18.7 Å². The lowest BCUT2D eigenvalue weighted by atomic mass is 9.97. The Kier molecular flexibility index (Phi) is 7.57. The second-order valence-electron chi connectivity index (χ2n) is 9.79. The van der Waals surface area contributed by atoms with Crippen molar-refractivity contribution in [2.45, 2.75) is 85.5 Å². The van der Waals surface area contributed by atoms with Crippen LogP contribution < -0.4 is 4.74 Å². The van der Waals surface area contributed by atoms with Crippen molar-refractivity contribution in [2.24, 2.45) is 0 Å². The third kappa shape index (κ3) is 5.73. The molecular weight excluding hydrogens is 442 g/mol. The van der Waals surface area contributed by atoms with Crippen molar-refractivity contribution in [3.8, 4) is 28.7 Å². The largest absolute Gasteiger partial charge is 0.490 e. The molecule has 0 N–H and O–H groups in total. The van der Waals surface area contributed by atoms with Crippen LogP contribution in [-0.2, 0) is 15.9 Å². The number of hydrogen-bond acceptors (Lipinski definition) is 7. The molecule has 0 saturated carbocycles. The molecule has 1 aliphatic heterocycles. The number of rotatable bonds is 9. The van der Waals surface area contributed by atoms with E-state index in [0.717, 1.165) is 58.7 Å². The summed E-state index contributed by atoms with van der Waals surface area (Å²) in [5.74, 6) is 1.73. The van der Waals surface area contributed by atoms with Gasteiger partial charge in [0.15, 0.2) is 5.79 Å². The first-order valence-corrected chi connectivity index (χ1v) is 12.6. The van der Waals surface area contributed by atoms with Crippen LogP contribution in [0.15, 0.2) is 28.8 Å². The lowest BCUT2D eigenvalue weighted by molar-refractivity contribution is -0.141. The average Bonchev–Trinajstić information content (AvgIpc) is 3.45. The van der Waals surface area contributed by atoms with E-state index in [1.807, 2.05) is 32.9 Å². The Balaban J connectivity index is 1.57. The fourth-order valence-corrected chi connectivity index (χ4v) is 4.63. The molecule has 3 aromatic rings. The molecule has 1 unspecified atom stereocenters. The predicted molar refractivity (Wildman–Crippen MR) is 136 cm³/mol. The predicted octanol–water partition coefficient (Wildman–Crippen LogP) is 6.41. The van der Waals surface area contributed by atoms with Crippen molar-refractivity contribution >= 4 is 0 Å². The molecule has 0 aliphatic carbocycles. The summed E-state index contributed by atoms with van der Waals surface area (Å²) >= 11 is 0. The van der Waals surface area contributed by atoms with E-state index in [1.54, 1.807) is 0 Å². The van der Waals surface area contributed by atoms with Gasteiger partial charge >= 0.3 is 0 Å². The first-order valence-electron chi connectivity index (χ1n) is 12.6. The smallest absolute Gasteiger partial charge is 0.276 e. The van der Waals surface area contributed by atoms with E-state index < -0.39 is 5.79 Å². The number of ether oxygens (including phenoxy) is 3. The van der Waals surface area contributed by atoms with Crippen molar-refractivity contribution in [3.05, 3.63) is 46.6 Å². The summed E-state index contributed by atoms with van der Waals surface area (Å²) in [6, 6.07) is 8.27. The molecule has 35 heavy (non-hydrogen) atoms. The molecule has 1 aromatic carbocycles. The number of aromatic nitrogens is 3. The molecule has 188 valence electrons. The minimum absolute atomic E-state index is 0.0831. The minimum atomic E-state index is -0.558. The summed E-state index contributed by atoms with van der Waals surface area (Å²) in [5.41, 5.74) is 5.95. The standard InChI is InChI=1S/C28H37N3O4/c1-8-19(9-2)23-11-17(4)12-24(29-23)27-30-26(31-35-27)21-13-18(5)25(20(10-3)14-21)32-15-22-16-33-28(6,7)34-22/h11-14,19,22H,8-10,15-16H2,1-7H3. The maximum absolute atomic E-state index is 6.19. The second-order valence-corrected chi connectivity index (χ2v) is 9.79. The fourth-order valence-electron chi connectivity index (χ4n) is 4.63. The zero-order valence-corrected chi connectivity index (χ0v) is 22.0. The van der Waals surface area contributed by atoms with E-state index in [9.17, 15) is 0 Å². The van der Waals surface area contributed by atoms with Crippen molar-refractivity contribution in [1.29, 1.82) is 0 Å². The minimum Gasteiger partial charge on any atom is -0.490 e. The number of benzene rings is 1. The van der Waals surface area contributed by atoms with Crippen molar-refractivity contribution in [3.63, 3.8) is 0 Å². The molecule has 0 spiro atoms. The maximum atomic E-state index is 6.19. The van der Waals surface area contributed by atoms with Crippen LogP contribution in [-0.4, -0.2) is 40.2 Å². The third-order valence-corrected chi connectivity index (χ3v) is 6.51. The summed E-state index contributed by atoms with van der Waals surface area (Å²) in [4.78, 5) is 9.55. The highest BCUT2D eigenvalue weighted by molar-refractivity contribution is 5.63. The van der Waals surface area contributed by atoms with Crippen molar-refractivity contribution < 1.29 is 18.7 Å². The maximum Gasteiger partial charge on any atom is 0.276 e. The topological polar surface area (TPSA) is 79.5 Å². The Labute approximate surface area is 208 Å². The highest BCUT2D eigenvalue weighted by Crippen LogP contribution is 2.32. The lowest BCUT2D eigenvalue weighted by Gasteiger charge is -2.19. The first-order chi connectivity index (χ1) is 16.7. The Bertz CT molecular complexity index is 1170. The van der Waals surface area contributed by atoms with E-state index in [1.165, 1.54) is 0 Å². The van der Waals surface area contributed by atoms with Crippen LogP contribution in [0.25, 0.3) is 23.0 Å². The Morgan fingerprint density at radius 2 is 1.83 bits per heavy atom. The van der Waals surface area contributed by atoms with Crippen LogP contribution in [0.2, 0.25) is 0 Å². The van der Waals surface area contributed by atoms with Gasteiger partial charge in [-0.2, -0.15) is 4.98 Å². The van der Waals surface area contributed by atoms with Crippen molar-refractivity contribution in [2.75, 3.05) is 13.2 Å². The third-order valence-electron chi connectivity index (χ3n) is 6.51. The molecule has 1 aliphatic rings. The SMILES string of the molecule is CCc1cc(-c2noc(-c3cc(C)cc(C(CC)CC)n3)n2)cc(C)c1OCC1COC(C)(C)O1. The van der Waals surface area contributed by atoms with Crippen LogP contribution in [0.5, 0.6) is 5.75 Å². The Morgan fingerprint density at radius 1 is 1.06 bits per heavy atom. The number of aryl methyl sites for hydroxylation is 3. The molecule has 2 aromatic heterocycles. The zero-order valence-electron chi connectivity index (χ0n) is 22.0. The number of pyridine rings is 1. The van der Waals surface area contributed by atoms with Crippen LogP contribution in [0.1, 0.15) is 75.8 Å². The number of nitrogens with zero attached hydrogens (tertiary/aromatic N) is 3. The molecule has 0 radical (unpaired) electrons. The van der Waals surface area contributed by atoms with E-state index in [0.29, 0.717) is 30.8 Å². The van der Waals surface area contributed by atoms with Gasteiger partial charge in [0.2, 0.25) is 5.82 Å². The summed E-state index contributed by atoms with van der Waals surface area (Å²) in [6.07, 6.45) is 2.83. The van der Waals surface area contributed by atoms with E-state index >= 15 is 0 Å². The van der Waals surface area contributed by atoms with Crippen LogP contribution in [0.4, 0.5) is 0 Å². The van der Waals surface area contributed by atoms with Crippen molar-refractivity contribution in [1.82, 2.24) is 15.1 Å². The summed E-state index contributed by atoms with van der Waals surface area (Å²) < 4.78 is 23.4. The molecule has 4 rings (SSSR count). The van der Waals surface area contributed by atoms with Crippen LogP contribution >= 0.6 is 0 Å². The molecule has 1 saturated heterocycles. The molecular formula is C28H37N3O4. The van der Waals surface area contributed by atoms with Gasteiger partial charge in [-0.1, -0.05) is 25.9 Å². The van der Waals surface area contributed by atoms with Gasteiger partial charge in [-0.05, 0) is 87.9 Å². The molecule has 3 heterocycles. The highest BCUT2D eigenvalue weighted by atomic mass is 16.7. The average molecular weight is 480 g/mol. The lowest BCUT2D eigenvalue weighted by Crippen LogP contribution is -2.25. The van der Waals surface area contributed by atoms with Gasteiger partial charge in [0.05, 0.1) is 6.61 Å². The van der Waals surface area contributed by atoms with Gasteiger partial charge in [-0.25, -0.2) is 4.98 Å². The van der Waals surface area contributed by atoms with Crippen LogP contribution in [0.3, 0.4) is 0 Å². The Morgan fingerprint density at radius 3 is 2.49 bits per heavy atom. The van der Waals surface area contributed by atoms with Gasteiger partial charge in [0.25, 0.3) is 5.89 Å². The molecule has 0 amide bonds. The molecule has 0 bridgehead atoms. The zero-order chi connectivity index (χ0) is 25.2. The second kappa shape index (κ2) is 10.5. The van der Waals surface area contributed by atoms with Crippen LogP contribution in [0, 0.1) is 13.8 Å². The number of hydrogen-bond donors (Lipinski definition) is 0. The molecule has 1 fully saturated rings. The highest BCUT2D eigenvalue weighted by Gasteiger charge is 2.33. The van der Waals surface area contributed by atoms with Gasteiger partial charge in [-0.15, -0.1) is 0 Å². The van der Waals surface area contributed by atoms with E-state index in [4.69, 9.17) is 28.7 Å². The van der Waals surface area contributed by atoms with E-state index in [2.05, 4.69) is 45.0 Å². The fraction of sp³-hybridized carbons (Fsp3) is 0.536. The first kappa shape index (κ1) is 25.3. The van der Waals surface area contributed by atoms with Gasteiger partial charge in [-0.3, -0.25) is 0 Å². The molecule has 7 heteroatoms. The monoisotopic (exact) mass is 479 g/mol. The van der Waals surface area contributed by atoms with Gasteiger partial charge in [0.1, 0.15) is 24.2 Å². The summed E-state index contributed by atoms with van der Waals surface area (Å²) in [6.45, 7) is 15.4. The van der Waals surface area contributed by atoms with Gasteiger partial charge in [0, 0.05) is 17.2 Å².